The first kappa shape index (κ1) is 19.3. The predicted molar refractivity (Wildman–Crippen MR) is 87.9 cm³/mol. The van der Waals surface area contributed by atoms with Gasteiger partial charge in [-0.25, -0.2) is 4.79 Å². The van der Waals surface area contributed by atoms with Gasteiger partial charge in [-0.15, -0.1) is 0 Å². The molecule has 1 saturated carbocycles. The van der Waals surface area contributed by atoms with Crippen LogP contribution in [0.25, 0.3) is 0 Å². The van der Waals surface area contributed by atoms with Crippen molar-refractivity contribution in [1.29, 1.82) is 0 Å². The molecule has 0 spiro atoms. The van der Waals surface area contributed by atoms with Gasteiger partial charge in [0.15, 0.2) is 13.6 Å². The maximum Gasteiger partial charge on any atom is 0.330 e. The van der Waals surface area contributed by atoms with Gasteiger partial charge in [0, 0.05) is 6.08 Å². The molecule has 0 aromatic rings. The van der Waals surface area contributed by atoms with Crippen molar-refractivity contribution in [3.8, 4) is 0 Å². The maximum atomic E-state index is 11.9. The molecule has 2 heterocycles. The minimum absolute atomic E-state index is 0.0295. The Bertz CT molecular complexity index is 507. The fourth-order valence-electron chi connectivity index (χ4n) is 3.37. The number of hydrogen-bond donors (Lipinski definition) is 0. The van der Waals surface area contributed by atoms with Crippen LogP contribution in [0.15, 0.2) is 12.7 Å². The van der Waals surface area contributed by atoms with Crippen molar-refractivity contribution in [2.75, 3.05) is 26.8 Å². The Morgan fingerprint density at radius 1 is 0.923 bits per heavy atom. The summed E-state index contributed by atoms with van der Waals surface area (Å²) in [4.78, 5) is 22.9. The van der Waals surface area contributed by atoms with Gasteiger partial charge in [0.05, 0.1) is 36.9 Å². The van der Waals surface area contributed by atoms with Crippen molar-refractivity contribution in [3.63, 3.8) is 0 Å². The molecule has 2 aliphatic heterocycles. The Morgan fingerprint density at radius 3 is 2.50 bits per heavy atom. The first-order valence-corrected chi connectivity index (χ1v) is 9.08. The summed E-state index contributed by atoms with van der Waals surface area (Å²) in [6.45, 7) is 3.86. The van der Waals surface area contributed by atoms with Gasteiger partial charge in [0.2, 0.25) is 0 Å². The third-order valence-electron chi connectivity index (χ3n) is 4.87. The zero-order chi connectivity index (χ0) is 18.4. The molecule has 0 aromatic heterocycles. The smallest absolute Gasteiger partial charge is 0.330 e. The van der Waals surface area contributed by atoms with E-state index in [2.05, 4.69) is 6.58 Å². The van der Waals surface area contributed by atoms with E-state index in [1.54, 1.807) is 0 Å². The monoisotopic (exact) mass is 370 g/mol. The Morgan fingerprint density at radius 2 is 1.73 bits per heavy atom. The lowest BCUT2D eigenvalue weighted by molar-refractivity contribution is -0.176. The van der Waals surface area contributed by atoms with Crippen LogP contribution < -0.4 is 0 Å². The summed E-state index contributed by atoms with van der Waals surface area (Å²) in [5, 5.41) is 0. The van der Waals surface area contributed by atoms with Crippen LogP contribution in [0.3, 0.4) is 0 Å². The zero-order valence-corrected chi connectivity index (χ0v) is 14.8. The number of fused-ring (bicyclic) bond motifs is 1. The number of epoxide rings is 1. The van der Waals surface area contributed by atoms with E-state index in [4.69, 9.17) is 28.4 Å². The van der Waals surface area contributed by atoms with Crippen molar-refractivity contribution < 1.29 is 38.0 Å². The SMILES string of the molecule is C=CC(=O)OCC1CCC(COCOCOC(=O)C2CCC3OC3C2)O1. The van der Waals surface area contributed by atoms with Crippen LogP contribution in [-0.4, -0.2) is 63.2 Å². The average molecular weight is 370 g/mol. The fraction of sp³-hybridized carbons (Fsp3) is 0.778. The first-order valence-electron chi connectivity index (χ1n) is 9.08. The van der Waals surface area contributed by atoms with E-state index in [1.165, 1.54) is 0 Å². The molecule has 0 N–H and O–H groups in total. The molecule has 1 aliphatic carbocycles. The van der Waals surface area contributed by atoms with Gasteiger partial charge >= 0.3 is 11.9 Å². The van der Waals surface area contributed by atoms with Gasteiger partial charge in [-0.05, 0) is 32.1 Å². The molecule has 3 rings (SSSR count). The summed E-state index contributed by atoms with van der Waals surface area (Å²) in [6, 6.07) is 0. The molecule has 8 heteroatoms. The number of hydrogen-bond acceptors (Lipinski definition) is 8. The van der Waals surface area contributed by atoms with E-state index in [0.717, 1.165) is 38.2 Å². The van der Waals surface area contributed by atoms with Crippen molar-refractivity contribution in [2.45, 2.75) is 56.5 Å². The molecule has 3 fully saturated rings. The second-order valence-electron chi connectivity index (χ2n) is 6.79. The Balaban J connectivity index is 1.17. The minimum atomic E-state index is -0.450. The standard InChI is InChI=1S/C18H26O8/c1-2-17(19)23-9-14-5-4-13(25-14)8-21-10-22-11-24-18(20)12-3-6-15-16(7-12)26-15/h2,12-16H,1,3-11H2. The molecule has 5 unspecified atom stereocenters. The van der Waals surface area contributed by atoms with Gasteiger partial charge in [0.1, 0.15) is 6.61 Å². The van der Waals surface area contributed by atoms with E-state index in [-0.39, 0.29) is 50.4 Å². The summed E-state index contributed by atoms with van der Waals surface area (Å²) in [5.41, 5.74) is 0. The third-order valence-corrected chi connectivity index (χ3v) is 4.87. The average Bonchev–Trinajstić information content (AvgIpc) is 3.30. The number of ether oxygens (including phenoxy) is 6. The van der Waals surface area contributed by atoms with Crippen molar-refractivity contribution >= 4 is 11.9 Å². The second-order valence-corrected chi connectivity index (χ2v) is 6.79. The Kier molecular flexibility index (Phi) is 7.01. The highest BCUT2D eigenvalue weighted by Crippen LogP contribution is 2.39. The van der Waals surface area contributed by atoms with Crippen molar-refractivity contribution in [1.82, 2.24) is 0 Å². The number of rotatable bonds is 10. The molecule has 0 bridgehead atoms. The normalized spacial score (nSPS) is 32.5. The van der Waals surface area contributed by atoms with Crippen LogP contribution in [0.2, 0.25) is 0 Å². The topological polar surface area (TPSA) is 92.8 Å². The van der Waals surface area contributed by atoms with E-state index in [9.17, 15) is 9.59 Å². The second kappa shape index (κ2) is 9.45. The summed E-state index contributed by atoms with van der Waals surface area (Å²) in [7, 11) is 0. The minimum Gasteiger partial charge on any atom is -0.460 e. The zero-order valence-electron chi connectivity index (χ0n) is 14.8. The van der Waals surface area contributed by atoms with Crippen LogP contribution in [0.4, 0.5) is 0 Å². The van der Waals surface area contributed by atoms with Crippen LogP contribution >= 0.6 is 0 Å². The highest BCUT2D eigenvalue weighted by atomic mass is 16.7. The Hall–Kier alpha value is -1.48. The van der Waals surface area contributed by atoms with Gasteiger partial charge in [-0.3, -0.25) is 4.79 Å². The lowest BCUT2D eigenvalue weighted by atomic mass is 9.89. The molecule has 5 atom stereocenters. The highest BCUT2D eigenvalue weighted by Gasteiger charge is 2.46. The first-order chi connectivity index (χ1) is 12.7. The maximum absolute atomic E-state index is 11.9. The molecule has 0 radical (unpaired) electrons. The van der Waals surface area contributed by atoms with Crippen LogP contribution in [0.5, 0.6) is 0 Å². The van der Waals surface area contributed by atoms with E-state index in [0.29, 0.717) is 12.7 Å². The molecule has 3 aliphatic rings. The van der Waals surface area contributed by atoms with Gasteiger partial charge < -0.3 is 28.4 Å². The summed E-state index contributed by atoms with van der Waals surface area (Å²) < 4.78 is 31.7. The van der Waals surface area contributed by atoms with Crippen LogP contribution in [0, 0.1) is 5.92 Å². The summed E-state index contributed by atoms with van der Waals surface area (Å²) in [5.74, 6) is -0.758. The highest BCUT2D eigenvalue weighted by molar-refractivity contribution is 5.81. The predicted octanol–water partition coefficient (Wildman–Crippen LogP) is 1.32. The molecule has 0 aromatic carbocycles. The van der Waals surface area contributed by atoms with Gasteiger partial charge in [0.25, 0.3) is 0 Å². The lowest BCUT2D eigenvalue weighted by Crippen LogP contribution is -2.25. The van der Waals surface area contributed by atoms with Crippen molar-refractivity contribution in [2.24, 2.45) is 5.92 Å². The van der Waals surface area contributed by atoms with E-state index in [1.807, 2.05) is 0 Å². The molecule has 2 saturated heterocycles. The number of esters is 2. The number of carbonyl (C=O) groups excluding carboxylic acids is 2. The lowest BCUT2D eigenvalue weighted by Gasteiger charge is -2.17. The largest absolute Gasteiger partial charge is 0.460 e. The quantitative estimate of drug-likeness (QED) is 0.187. The van der Waals surface area contributed by atoms with E-state index >= 15 is 0 Å². The third kappa shape index (κ3) is 5.77. The molecule has 0 amide bonds. The van der Waals surface area contributed by atoms with Gasteiger partial charge in [-0.2, -0.15) is 0 Å². The molecule has 146 valence electrons. The molecular weight excluding hydrogens is 344 g/mol. The fourth-order valence-corrected chi connectivity index (χ4v) is 3.37. The molecule has 8 nitrogen and oxygen atoms in total. The van der Waals surface area contributed by atoms with Crippen LogP contribution in [-0.2, 0) is 38.0 Å². The van der Waals surface area contributed by atoms with E-state index < -0.39 is 5.97 Å². The number of carbonyl (C=O) groups is 2. The molecule has 26 heavy (non-hydrogen) atoms. The van der Waals surface area contributed by atoms with Crippen molar-refractivity contribution in [3.05, 3.63) is 12.7 Å². The van der Waals surface area contributed by atoms with Gasteiger partial charge in [-0.1, -0.05) is 6.58 Å². The molecular formula is C18H26O8. The van der Waals surface area contributed by atoms with Crippen LogP contribution in [0.1, 0.15) is 32.1 Å². The summed E-state index contributed by atoms with van der Waals surface area (Å²) in [6.07, 6.45) is 5.73. The summed E-state index contributed by atoms with van der Waals surface area (Å²) >= 11 is 0. The Labute approximate surface area is 152 Å².